The summed E-state index contributed by atoms with van der Waals surface area (Å²) in [5, 5.41) is 13.7. The lowest BCUT2D eigenvalue weighted by Crippen LogP contribution is -2.29. The van der Waals surface area contributed by atoms with Crippen LogP contribution in [0.15, 0.2) is 59.7 Å². The zero-order valence-electron chi connectivity index (χ0n) is 16.0. The van der Waals surface area contributed by atoms with Crippen molar-refractivity contribution in [3.8, 4) is 0 Å². The number of hydrogen-bond donors (Lipinski definition) is 2. The highest BCUT2D eigenvalue weighted by Crippen LogP contribution is 2.11. The van der Waals surface area contributed by atoms with Gasteiger partial charge in [0.15, 0.2) is 0 Å². The van der Waals surface area contributed by atoms with Crippen molar-refractivity contribution < 1.29 is 9.59 Å². The first-order valence-corrected chi connectivity index (χ1v) is 9.27. The van der Waals surface area contributed by atoms with Crippen molar-refractivity contribution in [3.05, 3.63) is 76.5 Å². The van der Waals surface area contributed by atoms with E-state index < -0.39 is 0 Å². The number of aromatic nitrogens is 4. The molecule has 2 aromatic heterocycles. The zero-order valence-corrected chi connectivity index (χ0v) is 16.0. The summed E-state index contributed by atoms with van der Waals surface area (Å²) in [5.41, 5.74) is 1.39. The summed E-state index contributed by atoms with van der Waals surface area (Å²) in [6.07, 6.45) is 4.07. The van der Waals surface area contributed by atoms with E-state index in [-0.39, 0.29) is 36.2 Å². The smallest absolute Gasteiger partial charge is 0.271 e. The van der Waals surface area contributed by atoms with E-state index in [0.29, 0.717) is 12.2 Å². The first-order valence-electron chi connectivity index (χ1n) is 9.27. The van der Waals surface area contributed by atoms with E-state index in [1.165, 1.54) is 21.5 Å². The molecule has 2 N–H and O–H groups in total. The van der Waals surface area contributed by atoms with E-state index in [0.717, 1.165) is 12.0 Å². The van der Waals surface area contributed by atoms with Gasteiger partial charge in [-0.25, -0.2) is 4.68 Å². The SMILES string of the molecule is CCCn1nc(C(=O)NCc2cccc(NC(=O)Cn3cccn3)c2)ccc1=O. The Kier molecular flexibility index (Phi) is 6.51. The van der Waals surface area contributed by atoms with Crippen LogP contribution in [0.3, 0.4) is 0 Å². The molecule has 2 amide bonds. The van der Waals surface area contributed by atoms with E-state index in [1.54, 1.807) is 36.7 Å². The second-order valence-corrected chi connectivity index (χ2v) is 6.41. The molecular formula is C20H22N6O3. The van der Waals surface area contributed by atoms with Gasteiger partial charge in [0.1, 0.15) is 12.2 Å². The Hall–Kier alpha value is -3.75. The molecule has 0 bridgehead atoms. The van der Waals surface area contributed by atoms with Crippen LogP contribution in [0.5, 0.6) is 0 Å². The maximum Gasteiger partial charge on any atom is 0.271 e. The van der Waals surface area contributed by atoms with Crippen LogP contribution in [0.1, 0.15) is 29.4 Å². The van der Waals surface area contributed by atoms with Gasteiger partial charge in [0.05, 0.1) is 0 Å². The Morgan fingerprint density at radius 2 is 2.00 bits per heavy atom. The molecule has 0 atom stereocenters. The van der Waals surface area contributed by atoms with Gasteiger partial charge in [-0.1, -0.05) is 19.1 Å². The molecule has 0 aliphatic heterocycles. The van der Waals surface area contributed by atoms with Crippen molar-refractivity contribution in [2.75, 3.05) is 5.32 Å². The van der Waals surface area contributed by atoms with Gasteiger partial charge < -0.3 is 10.6 Å². The fourth-order valence-corrected chi connectivity index (χ4v) is 2.72. The molecular weight excluding hydrogens is 372 g/mol. The molecule has 3 aromatic rings. The van der Waals surface area contributed by atoms with Crippen LogP contribution in [0, 0.1) is 0 Å². The molecule has 0 saturated heterocycles. The fourth-order valence-electron chi connectivity index (χ4n) is 2.72. The van der Waals surface area contributed by atoms with E-state index in [1.807, 2.05) is 13.0 Å². The average Bonchev–Trinajstić information content (AvgIpc) is 3.21. The Labute approximate surface area is 167 Å². The summed E-state index contributed by atoms with van der Waals surface area (Å²) in [5.74, 6) is -0.569. The van der Waals surface area contributed by atoms with Crippen molar-refractivity contribution in [1.29, 1.82) is 0 Å². The highest BCUT2D eigenvalue weighted by atomic mass is 16.2. The van der Waals surface area contributed by atoms with Gasteiger partial charge in [-0.3, -0.25) is 19.1 Å². The third-order valence-corrected chi connectivity index (χ3v) is 4.06. The Morgan fingerprint density at radius 1 is 1.14 bits per heavy atom. The summed E-state index contributed by atoms with van der Waals surface area (Å²) in [6, 6.07) is 11.7. The number of rotatable bonds is 8. The maximum atomic E-state index is 12.4. The molecule has 0 aliphatic carbocycles. The van der Waals surface area contributed by atoms with Crippen molar-refractivity contribution in [2.24, 2.45) is 0 Å². The second-order valence-electron chi connectivity index (χ2n) is 6.41. The predicted molar refractivity (Wildman–Crippen MR) is 107 cm³/mol. The van der Waals surface area contributed by atoms with Crippen LogP contribution in [0.4, 0.5) is 5.69 Å². The largest absolute Gasteiger partial charge is 0.347 e. The van der Waals surface area contributed by atoms with Crippen molar-refractivity contribution in [3.63, 3.8) is 0 Å². The van der Waals surface area contributed by atoms with Gasteiger partial charge in [-0.15, -0.1) is 0 Å². The average molecular weight is 394 g/mol. The van der Waals surface area contributed by atoms with E-state index in [2.05, 4.69) is 20.8 Å². The molecule has 0 saturated carbocycles. The molecule has 0 unspecified atom stereocenters. The van der Waals surface area contributed by atoms with Gasteiger partial charge in [-0.05, 0) is 36.2 Å². The minimum atomic E-state index is -0.372. The third-order valence-electron chi connectivity index (χ3n) is 4.06. The van der Waals surface area contributed by atoms with Crippen molar-refractivity contribution >= 4 is 17.5 Å². The van der Waals surface area contributed by atoms with Gasteiger partial charge in [-0.2, -0.15) is 10.2 Å². The lowest BCUT2D eigenvalue weighted by molar-refractivity contribution is -0.116. The number of carbonyl (C=O) groups excluding carboxylic acids is 2. The molecule has 9 heteroatoms. The lowest BCUT2D eigenvalue weighted by Gasteiger charge is -2.09. The van der Waals surface area contributed by atoms with Crippen LogP contribution < -0.4 is 16.2 Å². The van der Waals surface area contributed by atoms with Crippen LogP contribution >= 0.6 is 0 Å². The number of nitrogens with zero attached hydrogens (tertiary/aromatic N) is 4. The second kappa shape index (κ2) is 9.45. The quantitative estimate of drug-likeness (QED) is 0.600. The van der Waals surface area contributed by atoms with Crippen LogP contribution in [0.2, 0.25) is 0 Å². The van der Waals surface area contributed by atoms with Gasteiger partial charge in [0.2, 0.25) is 5.91 Å². The van der Waals surface area contributed by atoms with E-state index >= 15 is 0 Å². The minimum absolute atomic E-state index is 0.118. The Balaban J connectivity index is 1.59. The maximum absolute atomic E-state index is 12.4. The Morgan fingerprint density at radius 3 is 2.76 bits per heavy atom. The normalized spacial score (nSPS) is 10.5. The number of benzene rings is 1. The molecule has 0 radical (unpaired) electrons. The first-order chi connectivity index (χ1) is 14.0. The molecule has 2 heterocycles. The summed E-state index contributed by atoms with van der Waals surface area (Å²) >= 11 is 0. The number of carbonyl (C=O) groups is 2. The topological polar surface area (TPSA) is 111 Å². The molecule has 29 heavy (non-hydrogen) atoms. The van der Waals surface area contributed by atoms with Crippen molar-refractivity contribution in [1.82, 2.24) is 24.9 Å². The fraction of sp³-hybridized carbons (Fsp3) is 0.250. The van der Waals surface area contributed by atoms with E-state index in [4.69, 9.17) is 0 Å². The molecule has 1 aromatic carbocycles. The third kappa shape index (κ3) is 5.61. The molecule has 3 rings (SSSR count). The number of amides is 2. The molecule has 0 spiro atoms. The van der Waals surface area contributed by atoms with Crippen LogP contribution in [-0.2, 0) is 24.4 Å². The first kappa shape index (κ1) is 20.0. The molecule has 9 nitrogen and oxygen atoms in total. The van der Waals surface area contributed by atoms with Crippen LogP contribution in [0.25, 0.3) is 0 Å². The highest BCUT2D eigenvalue weighted by Gasteiger charge is 2.10. The lowest BCUT2D eigenvalue weighted by atomic mass is 10.2. The Bertz CT molecular complexity index is 1040. The molecule has 0 fully saturated rings. The number of nitrogens with one attached hydrogen (secondary N) is 2. The molecule has 0 aliphatic rings. The summed E-state index contributed by atoms with van der Waals surface area (Å²) in [4.78, 5) is 36.2. The highest BCUT2D eigenvalue weighted by molar-refractivity contribution is 5.92. The summed E-state index contributed by atoms with van der Waals surface area (Å²) < 4.78 is 2.81. The van der Waals surface area contributed by atoms with E-state index in [9.17, 15) is 14.4 Å². The monoisotopic (exact) mass is 394 g/mol. The van der Waals surface area contributed by atoms with Crippen molar-refractivity contribution in [2.45, 2.75) is 33.0 Å². The molecule has 150 valence electrons. The standard InChI is InChI=1S/C20H22N6O3/c1-2-10-26-19(28)8-7-17(24-26)20(29)21-13-15-5-3-6-16(12-15)23-18(27)14-25-11-4-9-22-25/h3-9,11-12H,2,10,13-14H2,1H3,(H,21,29)(H,23,27). The summed E-state index contributed by atoms with van der Waals surface area (Å²) in [7, 11) is 0. The number of aryl methyl sites for hydroxylation is 1. The number of hydrogen-bond acceptors (Lipinski definition) is 5. The summed E-state index contributed by atoms with van der Waals surface area (Å²) in [6.45, 7) is 2.77. The minimum Gasteiger partial charge on any atom is -0.347 e. The van der Waals surface area contributed by atoms with Crippen LogP contribution in [-0.4, -0.2) is 31.4 Å². The zero-order chi connectivity index (χ0) is 20.6. The predicted octanol–water partition coefficient (Wildman–Crippen LogP) is 1.42. The van der Waals surface area contributed by atoms with Gasteiger partial charge in [0, 0.05) is 37.2 Å². The van der Waals surface area contributed by atoms with Gasteiger partial charge in [0.25, 0.3) is 11.5 Å². The number of anilines is 1. The van der Waals surface area contributed by atoms with Gasteiger partial charge >= 0.3 is 0 Å².